The minimum atomic E-state index is 1.15. The lowest BCUT2D eigenvalue weighted by Crippen LogP contribution is -1.59. The molecule has 1 aliphatic rings. The molecule has 0 saturated carbocycles. The molecule has 0 amide bonds. The second-order valence-electron chi connectivity index (χ2n) is 1.45. The summed E-state index contributed by atoms with van der Waals surface area (Å²) in [6, 6.07) is 0. The molecule has 0 atom stereocenters. The molecule has 1 heterocycles. The normalized spacial score (nSPS) is 24.4. The molecule has 0 fully saturated rings. The molecule has 7 heavy (non-hydrogen) atoms. The van der Waals surface area contributed by atoms with E-state index in [2.05, 4.69) is 24.5 Å². The first-order chi connectivity index (χ1) is 3.43. The van der Waals surface area contributed by atoms with E-state index >= 15 is 0 Å². The molecule has 0 aromatic carbocycles. The molecule has 0 spiro atoms. The minimum Gasteiger partial charge on any atom is -0.103 e. The van der Waals surface area contributed by atoms with Gasteiger partial charge in [-0.3, -0.25) is 0 Å². The van der Waals surface area contributed by atoms with Gasteiger partial charge in [0.05, 0.1) is 0 Å². The van der Waals surface area contributed by atoms with Crippen molar-refractivity contribution < 1.29 is 0 Å². The highest BCUT2D eigenvalue weighted by Crippen LogP contribution is 2.27. The molecule has 0 radical (unpaired) electrons. The highest BCUT2D eigenvalue weighted by atomic mass is 32.2. The summed E-state index contributed by atoms with van der Waals surface area (Å²) in [5, 5.41) is 2.13. The third-order valence-corrected chi connectivity index (χ3v) is 1.99. The van der Waals surface area contributed by atoms with E-state index in [1.807, 2.05) is 11.8 Å². The van der Waals surface area contributed by atoms with Crippen molar-refractivity contribution in [3.8, 4) is 0 Å². The zero-order valence-corrected chi connectivity index (χ0v) is 5.16. The number of rotatable bonds is 0. The van der Waals surface area contributed by atoms with Crippen molar-refractivity contribution in [2.24, 2.45) is 0 Å². The van der Waals surface area contributed by atoms with Crippen LogP contribution in [0.2, 0.25) is 0 Å². The Hall–Kier alpha value is -0.170. The lowest BCUT2D eigenvalue weighted by molar-refractivity contribution is 1.37. The molecule has 1 aliphatic heterocycles. The number of hydrogen-bond acceptors (Lipinski definition) is 1. The minimum absolute atomic E-state index is 1.15. The largest absolute Gasteiger partial charge is 0.103 e. The van der Waals surface area contributed by atoms with Gasteiger partial charge in [-0.15, -0.1) is 11.8 Å². The van der Waals surface area contributed by atoms with Crippen molar-refractivity contribution in [1.29, 1.82) is 0 Å². The fourth-order valence-electron chi connectivity index (χ4n) is 0.534. The second-order valence-corrected chi connectivity index (χ2v) is 2.48. The van der Waals surface area contributed by atoms with Crippen LogP contribution >= 0.6 is 11.8 Å². The fraction of sp³-hybridized carbons (Fsp3) is 0.333. The highest BCUT2D eigenvalue weighted by molar-refractivity contribution is 8.06. The zero-order chi connectivity index (χ0) is 5.11. The van der Waals surface area contributed by atoms with E-state index in [4.69, 9.17) is 0 Å². The van der Waals surface area contributed by atoms with E-state index in [-0.39, 0.29) is 0 Å². The average Bonchev–Trinajstić information content (AvgIpc) is 2.14. The van der Waals surface area contributed by atoms with E-state index < -0.39 is 0 Å². The molecule has 0 N–H and O–H groups in total. The summed E-state index contributed by atoms with van der Waals surface area (Å²) in [5.74, 6) is 0. The highest BCUT2D eigenvalue weighted by Gasteiger charge is 1.95. The zero-order valence-electron chi connectivity index (χ0n) is 4.35. The summed E-state index contributed by atoms with van der Waals surface area (Å²) >= 11 is 1.82. The van der Waals surface area contributed by atoms with Gasteiger partial charge in [-0.05, 0) is 23.7 Å². The van der Waals surface area contributed by atoms with Crippen LogP contribution in [0.3, 0.4) is 0 Å². The van der Waals surface area contributed by atoms with Crippen LogP contribution in [0.1, 0.15) is 13.3 Å². The van der Waals surface area contributed by atoms with E-state index in [1.54, 1.807) is 0 Å². The third kappa shape index (κ3) is 1.10. The van der Waals surface area contributed by atoms with E-state index in [0.717, 1.165) is 6.42 Å². The van der Waals surface area contributed by atoms with Gasteiger partial charge in [0.1, 0.15) is 0 Å². The smallest absolute Gasteiger partial charge is 0.00289 e. The van der Waals surface area contributed by atoms with Gasteiger partial charge in [0.15, 0.2) is 0 Å². The van der Waals surface area contributed by atoms with Crippen molar-refractivity contribution in [1.82, 2.24) is 0 Å². The van der Waals surface area contributed by atoms with Crippen LogP contribution in [0.5, 0.6) is 0 Å². The topological polar surface area (TPSA) is 0 Å². The number of allylic oxidation sites excluding steroid dienone is 3. The van der Waals surface area contributed by atoms with E-state index in [1.165, 1.54) is 4.91 Å². The number of hydrogen-bond donors (Lipinski definition) is 0. The lowest BCUT2D eigenvalue weighted by atomic mass is 10.4. The molecule has 0 aromatic heterocycles. The Labute approximate surface area is 48.3 Å². The van der Waals surface area contributed by atoms with Gasteiger partial charge in [0, 0.05) is 0 Å². The summed E-state index contributed by atoms with van der Waals surface area (Å²) in [6.45, 7) is 2.08. The Morgan fingerprint density at radius 3 is 3.00 bits per heavy atom. The summed E-state index contributed by atoms with van der Waals surface area (Å²) < 4.78 is 0. The van der Waals surface area contributed by atoms with Crippen LogP contribution in [0.25, 0.3) is 0 Å². The Kier molecular flexibility index (Phi) is 1.58. The molecule has 38 valence electrons. The molecule has 0 saturated heterocycles. The van der Waals surface area contributed by atoms with Crippen molar-refractivity contribution in [2.75, 3.05) is 0 Å². The van der Waals surface area contributed by atoms with E-state index in [9.17, 15) is 0 Å². The molecule has 0 unspecified atom stereocenters. The standard InChI is InChI=1S/C6H8S/c1-2-6-4-3-5-7-6/h2-3,5H,4H2,1H3. The summed E-state index contributed by atoms with van der Waals surface area (Å²) in [6.07, 6.45) is 5.49. The van der Waals surface area contributed by atoms with Gasteiger partial charge < -0.3 is 0 Å². The van der Waals surface area contributed by atoms with E-state index in [0.29, 0.717) is 0 Å². The maximum Gasteiger partial charge on any atom is -0.00289 e. The molecule has 0 aromatic rings. The molecule has 0 aliphatic carbocycles. The quantitative estimate of drug-likeness (QED) is 0.464. The van der Waals surface area contributed by atoms with Crippen LogP contribution < -0.4 is 0 Å². The Bertz CT molecular complexity index is 101. The molecule has 1 rings (SSSR count). The first-order valence-corrected chi connectivity index (χ1v) is 3.28. The molecule has 0 bridgehead atoms. The van der Waals surface area contributed by atoms with Gasteiger partial charge in [0.25, 0.3) is 0 Å². The maximum atomic E-state index is 2.18. The maximum absolute atomic E-state index is 2.18. The molecule has 1 heteroatoms. The van der Waals surface area contributed by atoms with Crippen LogP contribution in [-0.2, 0) is 0 Å². The Morgan fingerprint density at radius 1 is 1.86 bits per heavy atom. The lowest BCUT2D eigenvalue weighted by Gasteiger charge is -1.85. The SMILES string of the molecule is CC=C1CC=CS1. The van der Waals surface area contributed by atoms with Gasteiger partial charge in [-0.2, -0.15) is 0 Å². The Morgan fingerprint density at radius 2 is 2.71 bits per heavy atom. The van der Waals surface area contributed by atoms with Gasteiger partial charge >= 0.3 is 0 Å². The van der Waals surface area contributed by atoms with Gasteiger partial charge in [-0.1, -0.05) is 12.2 Å². The second kappa shape index (κ2) is 2.22. The predicted molar refractivity (Wildman–Crippen MR) is 35.1 cm³/mol. The molecular weight excluding hydrogens is 104 g/mol. The monoisotopic (exact) mass is 112 g/mol. The Balaban J connectivity index is 2.51. The van der Waals surface area contributed by atoms with Crippen molar-refractivity contribution in [2.45, 2.75) is 13.3 Å². The van der Waals surface area contributed by atoms with Crippen LogP contribution in [0, 0.1) is 0 Å². The van der Waals surface area contributed by atoms with Crippen LogP contribution in [0.15, 0.2) is 22.5 Å². The van der Waals surface area contributed by atoms with Crippen molar-refractivity contribution in [3.63, 3.8) is 0 Å². The summed E-state index contributed by atoms with van der Waals surface area (Å²) in [4.78, 5) is 1.47. The molecular formula is C6H8S. The first-order valence-electron chi connectivity index (χ1n) is 2.40. The van der Waals surface area contributed by atoms with Gasteiger partial charge in [0.2, 0.25) is 0 Å². The fourth-order valence-corrected chi connectivity index (χ4v) is 1.23. The predicted octanol–water partition coefficient (Wildman–Crippen LogP) is 2.54. The first kappa shape index (κ1) is 4.98. The van der Waals surface area contributed by atoms with Crippen LogP contribution in [0.4, 0.5) is 0 Å². The summed E-state index contributed by atoms with van der Waals surface area (Å²) in [5.41, 5.74) is 0. The third-order valence-electron chi connectivity index (χ3n) is 0.957. The summed E-state index contributed by atoms with van der Waals surface area (Å²) in [7, 11) is 0. The van der Waals surface area contributed by atoms with Crippen molar-refractivity contribution >= 4 is 11.8 Å². The van der Waals surface area contributed by atoms with Crippen molar-refractivity contribution in [3.05, 3.63) is 22.5 Å². The molecule has 0 nitrogen and oxygen atoms in total. The van der Waals surface area contributed by atoms with Gasteiger partial charge in [-0.25, -0.2) is 0 Å². The van der Waals surface area contributed by atoms with Crippen LogP contribution in [-0.4, -0.2) is 0 Å². The average molecular weight is 112 g/mol. The number of thioether (sulfide) groups is 1.